The van der Waals surface area contributed by atoms with E-state index in [-0.39, 0.29) is 11.5 Å². The molecule has 0 bridgehead atoms. The van der Waals surface area contributed by atoms with E-state index in [0.717, 1.165) is 12.3 Å². The highest BCUT2D eigenvalue weighted by Crippen LogP contribution is 2.31. The van der Waals surface area contributed by atoms with E-state index in [2.05, 4.69) is 31.2 Å². The van der Waals surface area contributed by atoms with Crippen LogP contribution in [0.15, 0.2) is 34.0 Å². The van der Waals surface area contributed by atoms with Gasteiger partial charge in [0.15, 0.2) is 11.5 Å². The maximum atomic E-state index is 12.9. The minimum absolute atomic E-state index is 0.00751. The largest absolute Gasteiger partial charge is 0.433 e. The number of hydrogen-bond donors (Lipinski definition) is 1. The number of rotatable bonds is 2. The molecule has 2 aromatic heterocycles. The molecule has 2 heterocycles. The summed E-state index contributed by atoms with van der Waals surface area (Å²) in [4.78, 5) is 3.84. The van der Waals surface area contributed by atoms with Crippen LogP contribution in [0.4, 0.5) is 13.2 Å². The summed E-state index contributed by atoms with van der Waals surface area (Å²) in [7, 11) is 0. The van der Waals surface area contributed by atoms with Crippen molar-refractivity contribution in [3.8, 4) is 5.82 Å². The van der Waals surface area contributed by atoms with Crippen molar-refractivity contribution in [1.29, 1.82) is 0 Å². The first-order chi connectivity index (χ1) is 8.91. The van der Waals surface area contributed by atoms with Gasteiger partial charge in [-0.2, -0.15) is 18.3 Å². The van der Waals surface area contributed by atoms with Crippen molar-refractivity contribution in [2.75, 3.05) is 0 Å². The molecule has 19 heavy (non-hydrogen) atoms. The molecule has 0 fully saturated rings. The number of aromatic nitrogens is 3. The summed E-state index contributed by atoms with van der Waals surface area (Å²) in [6, 6.07) is 3.69. The topological polar surface area (TPSA) is 63.3 Å². The SMILES string of the molecule is ON=Cc1cc(C(F)(F)F)n(-c2ccc(Br)cn2)n1. The molecule has 100 valence electrons. The highest BCUT2D eigenvalue weighted by Gasteiger charge is 2.36. The summed E-state index contributed by atoms with van der Waals surface area (Å²) in [5.74, 6) is 0.00751. The third-order valence-corrected chi connectivity index (χ3v) is 2.61. The fourth-order valence-corrected chi connectivity index (χ4v) is 1.63. The van der Waals surface area contributed by atoms with Gasteiger partial charge in [-0.15, -0.1) is 0 Å². The van der Waals surface area contributed by atoms with Crippen LogP contribution in [0.3, 0.4) is 0 Å². The summed E-state index contributed by atoms with van der Waals surface area (Å²) in [6.45, 7) is 0. The van der Waals surface area contributed by atoms with E-state index in [1.54, 1.807) is 6.07 Å². The molecule has 0 aliphatic rings. The molecule has 0 aliphatic carbocycles. The molecule has 9 heteroatoms. The molecular weight excluding hydrogens is 329 g/mol. The highest BCUT2D eigenvalue weighted by atomic mass is 79.9. The molecular formula is C10H6BrF3N4O. The molecule has 0 spiro atoms. The molecule has 2 rings (SSSR count). The summed E-state index contributed by atoms with van der Waals surface area (Å²) in [5.41, 5.74) is -1.13. The Morgan fingerprint density at radius 1 is 1.37 bits per heavy atom. The average molecular weight is 335 g/mol. The Morgan fingerprint density at radius 2 is 2.11 bits per heavy atom. The molecule has 5 nitrogen and oxygen atoms in total. The number of nitrogens with zero attached hydrogens (tertiary/aromatic N) is 4. The fraction of sp³-hybridized carbons (Fsp3) is 0.100. The van der Waals surface area contributed by atoms with Gasteiger partial charge in [-0.25, -0.2) is 9.67 Å². The second kappa shape index (κ2) is 5.00. The molecule has 0 amide bonds. The Balaban J connectivity index is 2.57. The first-order valence-corrected chi connectivity index (χ1v) is 5.68. The smallest absolute Gasteiger partial charge is 0.411 e. The first kappa shape index (κ1) is 13.5. The lowest BCUT2D eigenvalue weighted by Gasteiger charge is -2.09. The second-order valence-electron chi connectivity index (χ2n) is 3.44. The number of alkyl halides is 3. The van der Waals surface area contributed by atoms with Crippen LogP contribution in [0, 0.1) is 0 Å². The minimum Gasteiger partial charge on any atom is -0.411 e. The van der Waals surface area contributed by atoms with E-state index in [9.17, 15) is 13.2 Å². The Labute approximate surface area is 113 Å². The van der Waals surface area contributed by atoms with Gasteiger partial charge < -0.3 is 5.21 Å². The van der Waals surface area contributed by atoms with Crippen molar-refractivity contribution in [3.63, 3.8) is 0 Å². The van der Waals surface area contributed by atoms with Crippen LogP contribution < -0.4 is 0 Å². The lowest BCUT2D eigenvalue weighted by molar-refractivity contribution is -0.142. The Bertz CT molecular complexity index is 606. The normalized spacial score (nSPS) is 12.2. The van der Waals surface area contributed by atoms with Crippen LogP contribution in [0.1, 0.15) is 11.4 Å². The standard InChI is InChI=1S/C10H6BrF3N4O/c11-6-1-2-9(15-4-6)18-8(10(12,13)14)3-7(17-18)5-16-19/h1-5,19H. The highest BCUT2D eigenvalue weighted by molar-refractivity contribution is 9.10. The van der Waals surface area contributed by atoms with Crippen LogP contribution in [-0.4, -0.2) is 26.2 Å². The zero-order chi connectivity index (χ0) is 14.0. The minimum atomic E-state index is -4.59. The van der Waals surface area contributed by atoms with Crippen molar-refractivity contribution in [3.05, 3.63) is 40.3 Å². The molecule has 0 saturated carbocycles. The van der Waals surface area contributed by atoms with E-state index in [4.69, 9.17) is 5.21 Å². The van der Waals surface area contributed by atoms with Gasteiger partial charge in [-0.3, -0.25) is 0 Å². The van der Waals surface area contributed by atoms with Gasteiger partial charge in [0.05, 0.1) is 6.21 Å². The molecule has 2 aromatic rings. The Morgan fingerprint density at radius 3 is 2.63 bits per heavy atom. The molecule has 1 N–H and O–H groups in total. The number of hydrogen-bond acceptors (Lipinski definition) is 4. The average Bonchev–Trinajstić information content (AvgIpc) is 2.74. The lowest BCUT2D eigenvalue weighted by Crippen LogP contribution is -2.14. The Hall–Kier alpha value is -1.90. The van der Waals surface area contributed by atoms with Crippen molar-refractivity contribution >= 4 is 22.1 Å². The molecule has 0 radical (unpaired) electrons. The van der Waals surface area contributed by atoms with Crippen LogP contribution >= 0.6 is 15.9 Å². The zero-order valence-electron chi connectivity index (χ0n) is 9.13. The van der Waals surface area contributed by atoms with Crippen LogP contribution in [0.2, 0.25) is 0 Å². The number of halogens is 4. The van der Waals surface area contributed by atoms with Crippen LogP contribution in [0.5, 0.6) is 0 Å². The summed E-state index contributed by atoms with van der Waals surface area (Å²) >= 11 is 3.14. The monoisotopic (exact) mass is 334 g/mol. The van der Waals surface area contributed by atoms with Crippen LogP contribution in [0.25, 0.3) is 5.82 Å². The zero-order valence-corrected chi connectivity index (χ0v) is 10.7. The van der Waals surface area contributed by atoms with Crippen molar-refractivity contribution in [2.24, 2.45) is 5.16 Å². The maximum Gasteiger partial charge on any atom is 0.433 e. The van der Waals surface area contributed by atoms with Crippen molar-refractivity contribution in [2.45, 2.75) is 6.18 Å². The van der Waals surface area contributed by atoms with Crippen molar-refractivity contribution in [1.82, 2.24) is 14.8 Å². The van der Waals surface area contributed by atoms with Gasteiger partial charge in [0.25, 0.3) is 0 Å². The van der Waals surface area contributed by atoms with E-state index in [1.807, 2.05) is 0 Å². The van der Waals surface area contributed by atoms with Gasteiger partial charge in [-0.1, -0.05) is 5.16 Å². The molecule has 0 aliphatic heterocycles. The van der Waals surface area contributed by atoms with Gasteiger partial charge >= 0.3 is 6.18 Å². The van der Waals surface area contributed by atoms with E-state index in [1.165, 1.54) is 12.3 Å². The number of oxime groups is 1. The third kappa shape index (κ3) is 2.92. The lowest BCUT2D eigenvalue weighted by atomic mass is 10.3. The molecule has 0 aromatic carbocycles. The van der Waals surface area contributed by atoms with Crippen LogP contribution in [-0.2, 0) is 6.18 Å². The van der Waals surface area contributed by atoms with Gasteiger partial charge in [0.1, 0.15) is 5.69 Å². The number of pyridine rings is 1. The predicted octanol–water partition coefficient (Wildman–Crippen LogP) is 2.86. The van der Waals surface area contributed by atoms with E-state index >= 15 is 0 Å². The first-order valence-electron chi connectivity index (χ1n) is 4.88. The maximum absolute atomic E-state index is 12.9. The second-order valence-corrected chi connectivity index (χ2v) is 4.36. The summed E-state index contributed by atoms with van der Waals surface area (Å²) in [6.07, 6.45) is -2.43. The van der Waals surface area contributed by atoms with Crippen molar-refractivity contribution < 1.29 is 18.4 Å². The third-order valence-electron chi connectivity index (χ3n) is 2.14. The van der Waals surface area contributed by atoms with Gasteiger partial charge in [0, 0.05) is 10.7 Å². The van der Waals surface area contributed by atoms with E-state index in [0.29, 0.717) is 9.15 Å². The predicted molar refractivity (Wildman–Crippen MR) is 63.4 cm³/mol. The Kier molecular flexibility index (Phi) is 3.56. The molecule has 0 atom stereocenters. The van der Waals surface area contributed by atoms with E-state index < -0.39 is 11.9 Å². The fourth-order valence-electron chi connectivity index (χ4n) is 1.39. The summed E-state index contributed by atoms with van der Waals surface area (Å²) in [5, 5.41) is 14.7. The molecule has 0 unspecified atom stereocenters. The summed E-state index contributed by atoms with van der Waals surface area (Å²) < 4.78 is 39.9. The molecule has 0 saturated heterocycles. The quantitative estimate of drug-likeness (QED) is 0.521. The van der Waals surface area contributed by atoms with Gasteiger partial charge in [0.2, 0.25) is 0 Å². The van der Waals surface area contributed by atoms with Gasteiger partial charge in [-0.05, 0) is 34.1 Å².